The SMILES string of the molecule is COc1ccc(Cl)cc1NC(=O)[C@@H]1[C@@H](c2ccc(Br)cc2)C1(C)C. The largest absolute Gasteiger partial charge is 0.495 e. The van der Waals surface area contributed by atoms with Crippen molar-refractivity contribution in [3.05, 3.63) is 57.5 Å². The van der Waals surface area contributed by atoms with E-state index in [0.29, 0.717) is 16.5 Å². The lowest BCUT2D eigenvalue weighted by Crippen LogP contribution is -2.17. The predicted molar refractivity (Wildman–Crippen MR) is 101 cm³/mol. The number of benzene rings is 2. The lowest BCUT2D eigenvalue weighted by Gasteiger charge is -2.11. The minimum absolute atomic E-state index is 0.00603. The van der Waals surface area contributed by atoms with E-state index in [2.05, 4.69) is 47.2 Å². The fraction of sp³-hybridized carbons (Fsp3) is 0.316. The average molecular weight is 409 g/mol. The molecule has 24 heavy (non-hydrogen) atoms. The van der Waals surface area contributed by atoms with E-state index in [-0.39, 0.29) is 23.2 Å². The van der Waals surface area contributed by atoms with Gasteiger partial charge in [-0.25, -0.2) is 0 Å². The monoisotopic (exact) mass is 407 g/mol. The van der Waals surface area contributed by atoms with Crippen molar-refractivity contribution in [3.63, 3.8) is 0 Å². The second-order valence-electron chi connectivity index (χ2n) is 6.66. The van der Waals surface area contributed by atoms with Crippen LogP contribution in [-0.2, 0) is 4.79 Å². The van der Waals surface area contributed by atoms with Gasteiger partial charge in [0.15, 0.2) is 0 Å². The molecule has 0 unspecified atom stereocenters. The van der Waals surface area contributed by atoms with Gasteiger partial charge in [0.05, 0.1) is 18.7 Å². The van der Waals surface area contributed by atoms with Gasteiger partial charge in [0.25, 0.3) is 0 Å². The molecule has 1 N–H and O–H groups in total. The molecule has 1 aliphatic rings. The number of rotatable bonds is 4. The van der Waals surface area contributed by atoms with Gasteiger partial charge in [0.1, 0.15) is 5.75 Å². The van der Waals surface area contributed by atoms with Crippen molar-refractivity contribution in [2.75, 3.05) is 12.4 Å². The summed E-state index contributed by atoms with van der Waals surface area (Å²) in [5.74, 6) is 0.720. The first-order valence-corrected chi connectivity index (χ1v) is 8.91. The zero-order chi connectivity index (χ0) is 17.5. The molecule has 0 spiro atoms. The first-order valence-electron chi connectivity index (χ1n) is 7.74. The summed E-state index contributed by atoms with van der Waals surface area (Å²) < 4.78 is 6.34. The van der Waals surface area contributed by atoms with Crippen molar-refractivity contribution in [1.82, 2.24) is 0 Å². The van der Waals surface area contributed by atoms with Gasteiger partial charge in [-0.3, -0.25) is 4.79 Å². The van der Waals surface area contributed by atoms with Crippen LogP contribution in [0.2, 0.25) is 5.02 Å². The van der Waals surface area contributed by atoms with Crippen LogP contribution in [0.3, 0.4) is 0 Å². The Balaban J connectivity index is 1.81. The van der Waals surface area contributed by atoms with Crippen molar-refractivity contribution in [3.8, 4) is 5.75 Å². The summed E-state index contributed by atoms with van der Waals surface area (Å²) in [6.07, 6.45) is 0. The van der Waals surface area contributed by atoms with Gasteiger partial charge in [-0.2, -0.15) is 0 Å². The van der Waals surface area contributed by atoms with Crippen LogP contribution < -0.4 is 10.1 Å². The van der Waals surface area contributed by atoms with Crippen molar-refractivity contribution in [2.24, 2.45) is 11.3 Å². The lowest BCUT2D eigenvalue weighted by molar-refractivity contribution is -0.118. The Hall–Kier alpha value is -1.52. The number of halogens is 2. The molecule has 2 aromatic rings. The van der Waals surface area contributed by atoms with Crippen LogP contribution in [-0.4, -0.2) is 13.0 Å². The van der Waals surface area contributed by atoms with Crippen LogP contribution in [0.15, 0.2) is 46.9 Å². The first kappa shape index (κ1) is 17.3. The predicted octanol–water partition coefficient (Wildman–Crippen LogP) is 5.49. The third-order valence-electron chi connectivity index (χ3n) is 4.76. The summed E-state index contributed by atoms with van der Waals surface area (Å²) in [5, 5.41) is 3.53. The summed E-state index contributed by atoms with van der Waals surface area (Å²) in [6.45, 7) is 4.25. The molecule has 1 fully saturated rings. The molecule has 0 aliphatic heterocycles. The van der Waals surface area contributed by atoms with Crippen molar-refractivity contribution >= 4 is 39.1 Å². The molecule has 2 atom stereocenters. The van der Waals surface area contributed by atoms with Crippen LogP contribution in [0.5, 0.6) is 5.75 Å². The number of anilines is 1. The molecular weight excluding hydrogens is 390 g/mol. The lowest BCUT2D eigenvalue weighted by atomic mass is 10.0. The van der Waals surface area contributed by atoms with E-state index in [1.54, 1.807) is 25.3 Å². The van der Waals surface area contributed by atoms with E-state index in [0.717, 1.165) is 4.47 Å². The zero-order valence-corrected chi connectivity index (χ0v) is 16.1. The van der Waals surface area contributed by atoms with Gasteiger partial charge >= 0.3 is 0 Å². The van der Waals surface area contributed by atoms with E-state index >= 15 is 0 Å². The van der Waals surface area contributed by atoms with E-state index in [1.165, 1.54) is 5.56 Å². The molecule has 0 saturated heterocycles. The Bertz CT molecular complexity index is 773. The normalized spacial score (nSPS) is 21.2. The van der Waals surface area contributed by atoms with Gasteiger partial charge in [-0.1, -0.05) is 53.5 Å². The standard InChI is InChI=1S/C19H19BrClNO2/c1-19(2)16(11-4-6-12(20)7-5-11)17(19)18(23)22-14-10-13(21)8-9-15(14)24-3/h4-10,16-17H,1-3H3,(H,22,23)/t16-,17+/m1/s1. The highest BCUT2D eigenvalue weighted by atomic mass is 79.9. The summed E-state index contributed by atoms with van der Waals surface area (Å²) in [4.78, 5) is 12.8. The topological polar surface area (TPSA) is 38.3 Å². The third kappa shape index (κ3) is 3.17. The summed E-state index contributed by atoms with van der Waals surface area (Å²) in [6, 6.07) is 13.4. The first-order chi connectivity index (χ1) is 11.3. The fourth-order valence-corrected chi connectivity index (χ4v) is 3.84. The number of hydrogen-bond donors (Lipinski definition) is 1. The second kappa shape index (κ2) is 6.41. The third-order valence-corrected chi connectivity index (χ3v) is 5.52. The Morgan fingerprint density at radius 3 is 2.50 bits per heavy atom. The molecule has 126 valence electrons. The fourth-order valence-electron chi connectivity index (χ4n) is 3.41. The van der Waals surface area contributed by atoms with Gasteiger partial charge in [-0.15, -0.1) is 0 Å². The molecule has 1 amide bonds. The molecule has 0 aromatic heterocycles. The maximum absolute atomic E-state index is 12.8. The highest BCUT2D eigenvalue weighted by Gasteiger charge is 2.62. The Labute approximate surface area is 155 Å². The number of hydrogen-bond acceptors (Lipinski definition) is 2. The van der Waals surface area contributed by atoms with Crippen LogP contribution >= 0.6 is 27.5 Å². The Kier molecular flexibility index (Phi) is 4.63. The Morgan fingerprint density at radius 2 is 1.88 bits per heavy atom. The van der Waals surface area contributed by atoms with E-state index < -0.39 is 0 Å². The van der Waals surface area contributed by atoms with E-state index in [9.17, 15) is 4.79 Å². The van der Waals surface area contributed by atoms with Crippen LogP contribution in [0, 0.1) is 11.3 Å². The van der Waals surface area contributed by atoms with Crippen molar-refractivity contribution < 1.29 is 9.53 Å². The molecule has 0 bridgehead atoms. The number of methoxy groups -OCH3 is 1. The maximum Gasteiger partial charge on any atom is 0.228 e. The quantitative estimate of drug-likeness (QED) is 0.726. The van der Waals surface area contributed by atoms with E-state index in [4.69, 9.17) is 16.3 Å². The Morgan fingerprint density at radius 1 is 1.21 bits per heavy atom. The summed E-state index contributed by atoms with van der Waals surface area (Å²) in [7, 11) is 1.57. The van der Waals surface area contributed by atoms with Gasteiger partial charge in [-0.05, 0) is 41.3 Å². The van der Waals surface area contributed by atoms with Crippen molar-refractivity contribution in [2.45, 2.75) is 19.8 Å². The average Bonchev–Trinajstić information content (AvgIpc) is 3.11. The minimum Gasteiger partial charge on any atom is -0.495 e. The highest BCUT2D eigenvalue weighted by molar-refractivity contribution is 9.10. The molecule has 0 radical (unpaired) electrons. The highest BCUT2D eigenvalue weighted by Crippen LogP contribution is 2.64. The number of amides is 1. The van der Waals surface area contributed by atoms with Crippen LogP contribution in [0.4, 0.5) is 5.69 Å². The molecule has 2 aromatic carbocycles. The number of ether oxygens (including phenoxy) is 1. The summed E-state index contributed by atoms with van der Waals surface area (Å²) in [5.41, 5.74) is 1.71. The number of carbonyl (C=O) groups is 1. The molecule has 3 nitrogen and oxygen atoms in total. The molecule has 5 heteroatoms. The van der Waals surface area contributed by atoms with Gasteiger partial charge in [0, 0.05) is 15.4 Å². The number of carbonyl (C=O) groups excluding carboxylic acids is 1. The minimum atomic E-state index is -0.0811. The van der Waals surface area contributed by atoms with E-state index in [1.807, 2.05) is 12.1 Å². The van der Waals surface area contributed by atoms with Crippen molar-refractivity contribution in [1.29, 1.82) is 0 Å². The molecule has 3 rings (SSSR count). The maximum atomic E-state index is 12.8. The molecule has 1 aliphatic carbocycles. The zero-order valence-electron chi connectivity index (χ0n) is 13.8. The smallest absolute Gasteiger partial charge is 0.228 e. The second-order valence-corrected chi connectivity index (χ2v) is 8.01. The van der Waals surface area contributed by atoms with Gasteiger partial charge in [0.2, 0.25) is 5.91 Å². The summed E-state index contributed by atoms with van der Waals surface area (Å²) >= 11 is 9.49. The molecule has 1 saturated carbocycles. The van der Waals surface area contributed by atoms with Crippen LogP contribution in [0.25, 0.3) is 0 Å². The molecule has 0 heterocycles. The van der Waals surface area contributed by atoms with Gasteiger partial charge < -0.3 is 10.1 Å². The molecular formula is C19H19BrClNO2. The van der Waals surface area contributed by atoms with Crippen LogP contribution in [0.1, 0.15) is 25.3 Å². The number of nitrogens with one attached hydrogen (secondary N) is 1.